The van der Waals surface area contributed by atoms with E-state index in [9.17, 15) is 13.2 Å². The van der Waals surface area contributed by atoms with Crippen LogP contribution in [-0.2, 0) is 10.0 Å². The van der Waals surface area contributed by atoms with Gasteiger partial charge in [0.2, 0.25) is 5.06 Å². The lowest BCUT2D eigenvalue weighted by molar-refractivity contribution is 0.146. The number of nitrogens with zero attached hydrogens (tertiary/aromatic N) is 1. The van der Waals surface area contributed by atoms with Gasteiger partial charge < -0.3 is 9.84 Å². The van der Waals surface area contributed by atoms with Gasteiger partial charge in [0.25, 0.3) is 10.0 Å². The first-order valence-electron chi connectivity index (χ1n) is 8.36. The second kappa shape index (κ2) is 7.65. The van der Waals surface area contributed by atoms with Crippen LogP contribution in [0.25, 0.3) is 10.4 Å². The second-order valence-corrected chi connectivity index (χ2v) is 9.21. The summed E-state index contributed by atoms with van der Waals surface area (Å²) in [5.74, 6) is 0. The number of aryl methyl sites for hydroxylation is 2. The molecule has 28 heavy (non-hydrogen) atoms. The van der Waals surface area contributed by atoms with Crippen molar-refractivity contribution in [1.82, 2.24) is 0 Å². The van der Waals surface area contributed by atoms with Crippen molar-refractivity contribution in [2.45, 2.75) is 18.7 Å². The summed E-state index contributed by atoms with van der Waals surface area (Å²) in [7, 11) is -2.51. The molecule has 0 saturated carbocycles. The highest BCUT2D eigenvalue weighted by Gasteiger charge is 2.28. The molecule has 0 aliphatic carbocycles. The first-order valence-corrected chi connectivity index (χ1v) is 10.6. The molecule has 6 nitrogen and oxygen atoms in total. The Morgan fingerprint density at radius 3 is 2.36 bits per heavy atom. The first-order chi connectivity index (χ1) is 13.2. The predicted molar refractivity (Wildman–Crippen MR) is 110 cm³/mol. The van der Waals surface area contributed by atoms with E-state index in [1.165, 1.54) is 7.05 Å². The van der Waals surface area contributed by atoms with Gasteiger partial charge >= 0.3 is 6.16 Å². The quantitative estimate of drug-likeness (QED) is 0.596. The van der Waals surface area contributed by atoms with Gasteiger partial charge in [-0.15, -0.1) is 0 Å². The molecule has 2 aromatic carbocycles. The molecule has 0 radical (unpaired) electrons. The van der Waals surface area contributed by atoms with Gasteiger partial charge in [0.15, 0.2) is 0 Å². The van der Waals surface area contributed by atoms with Crippen molar-refractivity contribution in [2.75, 3.05) is 11.4 Å². The molecule has 0 aliphatic heterocycles. The molecule has 0 atom stereocenters. The fourth-order valence-corrected chi connectivity index (χ4v) is 5.34. The summed E-state index contributed by atoms with van der Waals surface area (Å²) in [6, 6.07) is 16.0. The molecule has 0 unspecified atom stereocenters. The fourth-order valence-electron chi connectivity index (χ4n) is 2.85. The molecule has 3 rings (SSSR count). The minimum atomic E-state index is -3.90. The Morgan fingerprint density at radius 2 is 1.75 bits per heavy atom. The SMILES string of the molecule is Cc1ccc(S(=O)(=O)N(C)c2cc(-c3ccccc3)sc2OC(=O)O)c(C)c1. The highest BCUT2D eigenvalue weighted by atomic mass is 32.2. The van der Waals surface area contributed by atoms with Crippen LogP contribution in [0.1, 0.15) is 11.1 Å². The summed E-state index contributed by atoms with van der Waals surface area (Å²) in [4.78, 5) is 12.0. The lowest BCUT2D eigenvalue weighted by atomic mass is 10.2. The number of anilines is 1. The highest BCUT2D eigenvalue weighted by Crippen LogP contribution is 2.44. The Kier molecular flexibility index (Phi) is 5.44. The maximum absolute atomic E-state index is 13.2. The van der Waals surface area contributed by atoms with E-state index >= 15 is 0 Å². The Bertz CT molecular complexity index is 1120. The zero-order valence-electron chi connectivity index (χ0n) is 15.5. The van der Waals surface area contributed by atoms with Gasteiger partial charge in [-0.2, -0.15) is 0 Å². The third-order valence-corrected chi connectivity index (χ3v) is 7.21. The second-order valence-electron chi connectivity index (χ2n) is 6.26. The van der Waals surface area contributed by atoms with Crippen LogP contribution in [0.4, 0.5) is 10.5 Å². The van der Waals surface area contributed by atoms with Gasteiger partial charge in [-0.1, -0.05) is 59.4 Å². The van der Waals surface area contributed by atoms with E-state index in [0.29, 0.717) is 10.4 Å². The zero-order valence-corrected chi connectivity index (χ0v) is 17.2. The van der Waals surface area contributed by atoms with Gasteiger partial charge in [0.1, 0.15) is 5.69 Å². The van der Waals surface area contributed by atoms with Crippen LogP contribution in [0.5, 0.6) is 5.06 Å². The lowest BCUT2D eigenvalue weighted by Crippen LogP contribution is -2.27. The van der Waals surface area contributed by atoms with Crippen LogP contribution in [0.3, 0.4) is 0 Å². The van der Waals surface area contributed by atoms with Crippen LogP contribution in [0.15, 0.2) is 59.5 Å². The van der Waals surface area contributed by atoms with Crippen molar-refractivity contribution in [3.8, 4) is 15.5 Å². The van der Waals surface area contributed by atoms with E-state index in [1.54, 1.807) is 31.2 Å². The zero-order chi connectivity index (χ0) is 20.5. The number of hydrogen-bond donors (Lipinski definition) is 1. The summed E-state index contributed by atoms with van der Waals surface area (Å²) in [5, 5.41) is 9.07. The van der Waals surface area contributed by atoms with Crippen molar-refractivity contribution >= 4 is 33.2 Å². The predicted octanol–water partition coefficient (Wildman–Crippen LogP) is 4.91. The van der Waals surface area contributed by atoms with Gasteiger partial charge in [0.05, 0.1) is 4.90 Å². The van der Waals surface area contributed by atoms with E-state index in [-0.39, 0.29) is 15.6 Å². The van der Waals surface area contributed by atoms with Crippen molar-refractivity contribution in [1.29, 1.82) is 0 Å². The number of ether oxygens (including phenoxy) is 1. The number of thiophene rings is 1. The molecular weight excluding hydrogens is 398 g/mol. The van der Waals surface area contributed by atoms with Crippen molar-refractivity contribution in [2.24, 2.45) is 0 Å². The van der Waals surface area contributed by atoms with Gasteiger partial charge in [0, 0.05) is 11.9 Å². The van der Waals surface area contributed by atoms with Crippen molar-refractivity contribution in [3.05, 3.63) is 65.7 Å². The van der Waals surface area contributed by atoms with Crippen LogP contribution in [-0.4, -0.2) is 26.7 Å². The lowest BCUT2D eigenvalue weighted by Gasteiger charge is -2.20. The first kappa shape index (κ1) is 19.9. The Morgan fingerprint density at radius 1 is 1.07 bits per heavy atom. The highest BCUT2D eigenvalue weighted by molar-refractivity contribution is 7.92. The third kappa shape index (κ3) is 3.88. The molecule has 8 heteroatoms. The molecular formula is C20H19NO5S2. The van der Waals surface area contributed by atoms with Crippen LogP contribution >= 0.6 is 11.3 Å². The monoisotopic (exact) mass is 417 g/mol. The van der Waals surface area contributed by atoms with Gasteiger partial charge in [-0.05, 0) is 37.1 Å². The molecule has 0 amide bonds. The summed E-state index contributed by atoms with van der Waals surface area (Å²) in [5.41, 5.74) is 2.58. The molecule has 1 N–H and O–H groups in total. The third-order valence-electron chi connectivity index (χ3n) is 4.23. The van der Waals surface area contributed by atoms with Crippen LogP contribution < -0.4 is 9.04 Å². The van der Waals surface area contributed by atoms with E-state index in [4.69, 9.17) is 9.84 Å². The molecule has 1 aromatic heterocycles. The minimum Gasteiger partial charge on any atom is -0.449 e. The molecule has 0 aliphatic rings. The van der Waals surface area contributed by atoms with E-state index in [2.05, 4.69) is 0 Å². The molecule has 0 fully saturated rings. The number of benzene rings is 2. The van der Waals surface area contributed by atoms with Crippen LogP contribution in [0.2, 0.25) is 0 Å². The maximum Gasteiger partial charge on any atom is 0.512 e. The molecule has 1 heterocycles. The topological polar surface area (TPSA) is 83.9 Å². The number of hydrogen-bond acceptors (Lipinski definition) is 5. The molecule has 0 saturated heterocycles. The largest absolute Gasteiger partial charge is 0.512 e. The normalized spacial score (nSPS) is 11.2. The van der Waals surface area contributed by atoms with Crippen LogP contribution in [0, 0.1) is 13.8 Å². The Balaban J connectivity index is 2.10. The van der Waals surface area contributed by atoms with E-state index in [0.717, 1.165) is 26.8 Å². The van der Waals surface area contributed by atoms with Crippen molar-refractivity contribution in [3.63, 3.8) is 0 Å². The number of carbonyl (C=O) groups is 1. The number of rotatable bonds is 5. The Labute approximate surface area is 167 Å². The summed E-state index contributed by atoms with van der Waals surface area (Å²) >= 11 is 1.08. The number of carboxylic acid groups (broad SMARTS) is 1. The Hall–Kier alpha value is -2.84. The number of sulfonamides is 1. The molecule has 0 bridgehead atoms. The average Bonchev–Trinajstić information content (AvgIpc) is 3.04. The van der Waals surface area contributed by atoms with E-state index in [1.807, 2.05) is 37.3 Å². The molecule has 0 spiro atoms. The summed E-state index contributed by atoms with van der Waals surface area (Å²) in [6.07, 6.45) is -1.50. The minimum absolute atomic E-state index is 0.00203. The smallest absolute Gasteiger partial charge is 0.449 e. The summed E-state index contributed by atoms with van der Waals surface area (Å²) in [6.45, 7) is 3.61. The van der Waals surface area contributed by atoms with Gasteiger partial charge in [-0.25, -0.2) is 13.2 Å². The average molecular weight is 418 g/mol. The van der Waals surface area contributed by atoms with Crippen molar-refractivity contribution < 1.29 is 23.1 Å². The standard InChI is InChI=1S/C20H19NO5S2/c1-13-9-10-18(14(2)11-13)28(24,25)21(3)16-12-17(15-7-5-4-6-8-15)27-19(16)26-20(22)23/h4-12H,1-3H3,(H,22,23). The van der Waals surface area contributed by atoms with E-state index < -0.39 is 16.2 Å². The summed E-state index contributed by atoms with van der Waals surface area (Å²) < 4.78 is 32.3. The molecule has 3 aromatic rings. The molecule has 146 valence electrons. The fraction of sp³-hybridized carbons (Fsp3) is 0.150. The maximum atomic E-state index is 13.2. The van der Waals surface area contributed by atoms with Gasteiger partial charge in [-0.3, -0.25) is 4.31 Å².